The van der Waals surface area contributed by atoms with Gasteiger partial charge in [-0.25, -0.2) is 13.1 Å². The van der Waals surface area contributed by atoms with Gasteiger partial charge in [0, 0.05) is 12.6 Å². The first kappa shape index (κ1) is 16.7. The van der Waals surface area contributed by atoms with Crippen molar-refractivity contribution < 1.29 is 8.42 Å². The minimum atomic E-state index is -3.58. The summed E-state index contributed by atoms with van der Waals surface area (Å²) in [5.41, 5.74) is 2.78. The Morgan fingerprint density at radius 2 is 1.82 bits per heavy atom. The molecule has 0 unspecified atom stereocenters. The Kier molecular flexibility index (Phi) is 5.03. The number of benzene rings is 1. The van der Waals surface area contributed by atoms with Crippen molar-refractivity contribution in [3.05, 3.63) is 47.3 Å². The van der Waals surface area contributed by atoms with E-state index in [0.717, 1.165) is 11.1 Å². The maximum Gasteiger partial charge on any atom is 0.244 e. The molecular weight excluding hydrogens is 298 g/mol. The summed E-state index contributed by atoms with van der Waals surface area (Å²) in [6.07, 6.45) is 2.10. The second kappa shape index (κ2) is 6.62. The van der Waals surface area contributed by atoms with E-state index in [1.54, 1.807) is 11.6 Å². The molecule has 1 aromatic carbocycles. The summed E-state index contributed by atoms with van der Waals surface area (Å²) < 4.78 is 29.7. The molecule has 120 valence electrons. The zero-order valence-corrected chi connectivity index (χ0v) is 14.3. The molecule has 1 N–H and O–H groups in total. The maximum atomic E-state index is 12.6. The van der Waals surface area contributed by atoms with Crippen LogP contribution in [0.4, 0.5) is 0 Å². The van der Waals surface area contributed by atoms with Crippen LogP contribution in [-0.4, -0.2) is 18.2 Å². The van der Waals surface area contributed by atoms with Crippen molar-refractivity contribution in [2.45, 2.75) is 51.6 Å². The molecule has 0 radical (unpaired) electrons. The van der Waals surface area contributed by atoms with Gasteiger partial charge >= 0.3 is 0 Å². The van der Waals surface area contributed by atoms with Crippen LogP contribution in [-0.2, 0) is 16.6 Å². The van der Waals surface area contributed by atoms with Gasteiger partial charge in [-0.2, -0.15) is 5.10 Å². The van der Waals surface area contributed by atoms with Gasteiger partial charge in [-0.05, 0) is 32.8 Å². The number of hydrogen-bond acceptors (Lipinski definition) is 3. The maximum absolute atomic E-state index is 12.6. The van der Waals surface area contributed by atoms with E-state index in [2.05, 4.69) is 9.82 Å². The summed E-state index contributed by atoms with van der Waals surface area (Å²) >= 11 is 0. The van der Waals surface area contributed by atoms with Crippen molar-refractivity contribution in [3.8, 4) is 0 Å². The van der Waals surface area contributed by atoms with Gasteiger partial charge in [0.25, 0.3) is 0 Å². The largest absolute Gasteiger partial charge is 0.269 e. The molecule has 6 heteroatoms. The van der Waals surface area contributed by atoms with E-state index in [0.29, 0.717) is 18.7 Å². The molecule has 0 spiro atoms. The van der Waals surface area contributed by atoms with Crippen molar-refractivity contribution >= 4 is 10.0 Å². The highest BCUT2D eigenvalue weighted by atomic mass is 32.2. The number of hydrogen-bond donors (Lipinski definition) is 1. The third-order valence-corrected chi connectivity index (χ3v) is 5.41. The average molecular weight is 321 g/mol. The van der Waals surface area contributed by atoms with Crippen LogP contribution in [0.1, 0.15) is 43.1 Å². The standard InChI is InChI=1S/C16H23N3O2S/c1-5-15(14-9-7-12(3)8-10-14)18-22(20,21)16-11-17-19(6-2)13(16)4/h7-11,15,18H,5-6H2,1-4H3/t15-/m0/s1. The van der Waals surface area contributed by atoms with Crippen LogP contribution in [0.2, 0.25) is 0 Å². The molecule has 2 aromatic rings. The van der Waals surface area contributed by atoms with E-state index in [4.69, 9.17) is 0 Å². The Labute approximate surface area is 132 Å². The van der Waals surface area contributed by atoms with E-state index in [1.807, 2.05) is 45.0 Å². The molecule has 0 bridgehead atoms. The Hall–Kier alpha value is -1.66. The predicted molar refractivity (Wildman–Crippen MR) is 87.2 cm³/mol. The van der Waals surface area contributed by atoms with Crippen LogP contribution in [0.3, 0.4) is 0 Å². The topological polar surface area (TPSA) is 64.0 Å². The number of nitrogens with zero attached hydrogens (tertiary/aromatic N) is 2. The highest BCUT2D eigenvalue weighted by Crippen LogP contribution is 2.22. The van der Waals surface area contributed by atoms with E-state index >= 15 is 0 Å². The fourth-order valence-electron chi connectivity index (χ4n) is 2.45. The van der Waals surface area contributed by atoms with Crippen molar-refractivity contribution in [2.24, 2.45) is 0 Å². The van der Waals surface area contributed by atoms with E-state index in [-0.39, 0.29) is 10.9 Å². The molecule has 2 rings (SSSR count). The summed E-state index contributed by atoms with van der Waals surface area (Å²) in [4.78, 5) is 0.250. The lowest BCUT2D eigenvalue weighted by molar-refractivity contribution is 0.548. The van der Waals surface area contributed by atoms with Gasteiger partial charge in [0.15, 0.2) is 0 Å². The monoisotopic (exact) mass is 321 g/mol. The fraction of sp³-hybridized carbons (Fsp3) is 0.438. The minimum absolute atomic E-state index is 0.241. The lowest BCUT2D eigenvalue weighted by Crippen LogP contribution is -2.28. The molecule has 0 amide bonds. The smallest absolute Gasteiger partial charge is 0.244 e. The minimum Gasteiger partial charge on any atom is -0.269 e. The summed E-state index contributed by atoms with van der Waals surface area (Å²) in [5, 5.41) is 4.12. The molecule has 22 heavy (non-hydrogen) atoms. The highest BCUT2D eigenvalue weighted by molar-refractivity contribution is 7.89. The molecule has 1 aromatic heterocycles. The molecule has 0 saturated carbocycles. The fourth-order valence-corrected chi connectivity index (χ4v) is 3.93. The number of aryl methyl sites for hydroxylation is 2. The van der Waals surface area contributed by atoms with Crippen LogP contribution >= 0.6 is 0 Å². The second-order valence-electron chi connectivity index (χ2n) is 5.40. The number of rotatable bonds is 6. The number of aromatic nitrogens is 2. The van der Waals surface area contributed by atoms with Crippen LogP contribution in [0.25, 0.3) is 0 Å². The van der Waals surface area contributed by atoms with Gasteiger partial charge < -0.3 is 0 Å². The normalized spacial score (nSPS) is 13.3. The number of nitrogens with one attached hydrogen (secondary N) is 1. The molecule has 5 nitrogen and oxygen atoms in total. The van der Waals surface area contributed by atoms with Crippen molar-refractivity contribution in [3.63, 3.8) is 0 Å². The first-order chi connectivity index (χ1) is 10.4. The first-order valence-electron chi connectivity index (χ1n) is 7.50. The summed E-state index contributed by atoms with van der Waals surface area (Å²) in [7, 11) is -3.58. The molecule has 1 atom stereocenters. The van der Waals surface area contributed by atoms with Gasteiger partial charge in [0.05, 0.1) is 11.9 Å². The molecule has 0 saturated heterocycles. The van der Waals surface area contributed by atoms with E-state index < -0.39 is 10.0 Å². The Bertz CT molecular complexity index is 733. The van der Waals surface area contributed by atoms with Crippen molar-refractivity contribution in [1.82, 2.24) is 14.5 Å². The van der Waals surface area contributed by atoms with Crippen LogP contribution in [0.15, 0.2) is 35.4 Å². The van der Waals surface area contributed by atoms with Gasteiger partial charge in [-0.15, -0.1) is 0 Å². The lowest BCUT2D eigenvalue weighted by atomic mass is 10.0. The zero-order chi connectivity index (χ0) is 16.3. The molecular formula is C16H23N3O2S. The summed E-state index contributed by atoms with van der Waals surface area (Å²) in [6, 6.07) is 7.68. The Morgan fingerprint density at radius 3 is 2.32 bits per heavy atom. The molecule has 0 fully saturated rings. The average Bonchev–Trinajstić information content (AvgIpc) is 2.87. The highest BCUT2D eigenvalue weighted by Gasteiger charge is 2.24. The SMILES string of the molecule is CC[C@H](NS(=O)(=O)c1cnn(CC)c1C)c1ccc(C)cc1. The third-order valence-electron chi connectivity index (χ3n) is 3.83. The van der Waals surface area contributed by atoms with E-state index in [1.165, 1.54) is 6.20 Å². The quantitative estimate of drug-likeness (QED) is 0.889. The first-order valence-corrected chi connectivity index (χ1v) is 8.98. The summed E-state index contributed by atoms with van der Waals surface area (Å²) in [5.74, 6) is 0. The zero-order valence-electron chi connectivity index (χ0n) is 13.5. The summed E-state index contributed by atoms with van der Waals surface area (Å²) in [6.45, 7) is 8.34. The Morgan fingerprint density at radius 1 is 1.18 bits per heavy atom. The molecule has 0 aliphatic rings. The lowest BCUT2D eigenvalue weighted by Gasteiger charge is -2.17. The van der Waals surface area contributed by atoms with Crippen LogP contribution < -0.4 is 4.72 Å². The van der Waals surface area contributed by atoms with Gasteiger partial charge in [-0.3, -0.25) is 4.68 Å². The van der Waals surface area contributed by atoms with Crippen molar-refractivity contribution in [1.29, 1.82) is 0 Å². The number of sulfonamides is 1. The predicted octanol–water partition coefficient (Wildman–Crippen LogP) is 2.95. The Balaban J connectivity index is 2.29. The van der Waals surface area contributed by atoms with Gasteiger partial charge in [-0.1, -0.05) is 36.8 Å². The molecule has 0 aliphatic carbocycles. The van der Waals surface area contributed by atoms with Gasteiger partial charge in [0.2, 0.25) is 10.0 Å². The van der Waals surface area contributed by atoms with Crippen LogP contribution in [0.5, 0.6) is 0 Å². The van der Waals surface area contributed by atoms with Crippen molar-refractivity contribution in [2.75, 3.05) is 0 Å². The van der Waals surface area contributed by atoms with Crippen LogP contribution in [0, 0.1) is 13.8 Å². The van der Waals surface area contributed by atoms with Gasteiger partial charge in [0.1, 0.15) is 4.90 Å². The third kappa shape index (κ3) is 3.39. The molecule has 1 heterocycles. The molecule has 0 aliphatic heterocycles. The van der Waals surface area contributed by atoms with E-state index in [9.17, 15) is 8.42 Å². The second-order valence-corrected chi connectivity index (χ2v) is 7.09.